The summed E-state index contributed by atoms with van der Waals surface area (Å²) in [5.41, 5.74) is -0.275. The smallest absolute Gasteiger partial charge is 0.321 e. The van der Waals surface area contributed by atoms with Crippen molar-refractivity contribution < 1.29 is 14.3 Å². The topological polar surface area (TPSA) is 70.7 Å². The standard InChI is InChI=1S/C14H25N3O3/c1-9-7-17(8-14(3,4)20-9)10(2)12(18)16-13(19)15-11-5-6-11/h9-11H,5-8H2,1-4H3,(H2,15,16,18,19). The molecule has 0 bridgehead atoms. The third kappa shape index (κ3) is 4.18. The molecule has 0 spiro atoms. The van der Waals surface area contributed by atoms with Gasteiger partial charge in [-0.2, -0.15) is 0 Å². The number of carbonyl (C=O) groups excluding carboxylic acids is 2. The molecule has 2 atom stereocenters. The molecule has 1 saturated carbocycles. The van der Waals surface area contributed by atoms with E-state index in [1.54, 1.807) is 0 Å². The van der Waals surface area contributed by atoms with Crippen molar-refractivity contribution in [1.29, 1.82) is 0 Å². The van der Waals surface area contributed by atoms with E-state index in [0.29, 0.717) is 13.1 Å². The first-order chi connectivity index (χ1) is 9.27. The van der Waals surface area contributed by atoms with Crippen LogP contribution in [0, 0.1) is 0 Å². The summed E-state index contributed by atoms with van der Waals surface area (Å²) < 4.78 is 5.82. The van der Waals surface area contributed by atoms with E-state index in [2.05, 4.69) is 15.5 Å². The van der Waals surface area contributed by atoms with Crippen molar-refractivity contribution in [1.82, 2.24) is 15.5 Å². The van der Waals surface area contributed by atoms with Gasteiger partial charge >= 0.3 is 6.03 Å². The lowest BCUT2D eigenvalue weighted by atomic mass is 10.0. The number of carbonyl (C=O) groups is 2. The molecule has 0 aromatic rings. The summed E-state index contributed by atoms with van der Waals surface area (Å²) in [5, 5.41) is 5.17. The summed E-state index contributed by atoms with van der Waals surface area (Å²) in [6, 6.07) is -0.476. The number of nitrogens with zero attached hydrogens (tertiary/aromatic N) is 1. The highest BCUT2D eigenvalue weighted by molar-refractivity contribution is 5.97. The van der Waals surface area contributed by atoms with Gasteiger partial charge in [0.15, 0.2) is 0 Å². The Morgan fingerprint density at radius 2 is 2.00 bits per heavy atom. The highest BCUT2D eigenvalue weighted by Crippen LogP contribution is 2.22. The highest BCUT2D eigenvalue weighted by Gasteiger charge is 2.36. The van der Waals surface area contributed by atoms with Gasteiger partial charge in [0.25, 0.3) is 0 Å². The van der Waals surface area contributed by atoms with Crippen LogP contribution in [0.15, 0.2) is 0 Å². The number of rotatable bonds is 3. The van der Waals surface area contributed by atoms with Gasteiger partial charge in [0.05, 0.1) is 17.7 Å². The van der Waals surface area contributed by atoms with Gasteiger partial charge in [0, 0.05) is 19.1 Å². The Kier molecular flexibility index (Phi) is 4.34. The predicted octanol–water partition coefficient (Wildman–Crippen LogP) is 0.862. The van der Waals surface area contributed by atoms with E-state index in [-0.39, 0.29) is 35.7 Å². The Morgan fingerprint density at radius 1 is 1.35 bits per heavy atom. The number of hydrogen-bond donors (Lipinski definition) is 2. The number of morpholine rings is 1. The molecule has 6 heteroatoms. The van der Waals surface area contributed by atoms with Gasteiger partial charge in [0.1, 0.15) is 0 Å². The van der Waals surface area contributed by atoms with Crippen LogP contribution in [0.25, 0.3) is 0 Å². The van der Waals surface area contributed by atoms with Gasteiger partial charge in [-0.25, -0.2) is 4.79 Å². The SMILES string of the molecule is CC1CN(C(C)C(=O)NC(=O)NC2CC2)CC(C)(C)O1. The maximum atomic E-state index is 12.1. The van der Waals surface area contributed by atoms with Crippen LogP contribution in [-0.4, -0.2) is 53.7 Å². The zero-order valence-corrected chi connectivity index (χ0v) is 12.7. The number of ether oxygens (including phenoxy) is 1. The predicted molar refractivity (Wildman–Crippen MR) is 75.4 cm³/mol. The van der Waals surface area contributed by atoms with E-state index in [1.165, 1.54) is 0 Å². The minimum Gasteiger partial charge on any atom is -0.370 e. The molecule has 2 aliphatic rings. The molecule has 2 unspecified atom stereocenters. The average molecular weight is 283 g/mol. The molecule has 6 nitrogen and oxygen atoms in total. The van der Waals surface area contributed by atoms with Crippen molar-refractivity contribution in [2.75, 3.05) is 13.1 Å². The fraction of sp³-hybridized carbons (Fsp3) is 0.857. The molecule has 20 heavy (non-hydrogen) atoms. The minimum atomic E-state index is -0.384. The lowest BCUT2D eigenvalue weighted by Gasteiger charge is -2.43. The van der Waals surface area contributed by atoms with Crippen LogP contribution < -0.4 is 10.6 Å². The summed E-state index contributed by atoms with van der Waals surface area (Å²) in [4.78, 5) is 25.8. The normalized spacial score (nSPS) is 27.7. The number of nitrogens with one attached hydrogen (secondary N) is 2. The first-order valence-corrected chi connectivity index (χ1v) is 7.30. The van der Waals surface area contributed by atoms with Gasteiger partial charge < -0.3 is 10.1 Å². The van der Waals surface area contributed by atoms with Crippen LogP contribution in [0.5, 0.6) is 0 Å². The molecule has 0 aromatic heterocycles. The molecule has 0 aromatic carbocycles. The first kappa shape index (κ1) is 15.3. The second kappa shape index (κ2) is 5.69. The third-order valence-corrected chi connectivity index (χ3v) is 3.67. The zero-order chi connectivity index (χ0) is 14.9. The Balaban J connectivity index is 1.86. The van der Waals surface area contributed by atoms with Crippen molar-refractivity contribution in [2.24, 2.45) is 0 Å². The van der Waals surface area contributed by atoms with Crippen LogP contribution in [0.1, 0.15) is 40.5 Å². The zero-order valence-electron chi connectivity index (χ0n) is 12.7. The van der Waals surface area contributed by atoms with E-state index in [4.69, 9.17) is 4.74 Å². The molecule has 1 aliphatic carbocycles. The maximum Gasteiger partial charge on any atom is 0.321 e. The summed E-state index contributed by atoms with van der Waals surface area (Å²) in [6.07, 6.45) is 2.09. The number of hydrogen-bond acceptors (Lipinski definition) is 4. The lowest BCUT2D eigenvalue weighted by Crippen LogP contribution is -2.58. The van der Waals surface area contributed by atoms with Crippen LogP contribution in [0.3, 0.4) is 0 Å². The summed E-state index contributed by atoms with van der Waals surface area (Å²) in [6.45, 7) is 9.23. The van der Waals surface area contributed by atoms with Gasteiger partial charge in [0.2, 0.25) is 5.91 Å². The number of urea groups is 1. The summed E-state index contributed by atoms with van der Waals surface area (Å²) >= 11 is 0. The van der Waals surface area contributed by atoms with Gasteiger partial charge in [-0.15, -0.1) is 0 Å². The molecule has 114 valence electrons. The average Bonchev–Trinajstić information content (AvgIpc) is 3.08. The van der Waals surface area contributed by atoms with Crippen LogP contribution in [0.2, 0.25) is 0 Å². The van der Waals surface area contributed by atoms with Crippen LogP contribution >= 0.6 is 0 Å². The van der Waals surface area contributed by atoms with Crippen molar-refractivity contribution in [3.8, 4) is 0 Å². The minimum absolute atomic E-state index is 0.0780. The summed E-state index contributed by atoms with van der Waals surface area (Å²) in [7, 11) is 0. The number of amides is 3. The highest BCUT2D eigenvalue weighted by atomic mass is 16.5. The van der Waals surface area contributed by atoms with Crippen molar-refractivity contribution in [3.63, 3.8) is 0 Å². The fourth-order valence-corrected chi connectivity index (χ4v) is 2.63. The fourth-order valence-electron chi connectivity index (χ4n) is 2.63. The quantitative estimate of drug-likeness (QED) is 0.806. The van der Waals surface area contributed by atoms with E-state index < -0.39 is 0 Å². The second-order valence-electron chi connectivity index (χ2n) is 6.53. The largest absolute Gasteiger partial charge is 0.370 e. The molecule has 1 aliphatic heterocycles. The Morgan fingerprint density at radius 3 is 2.55 bits per heavy atom. The van der Waals surface area contributed by atoms with Crippen molar-refractivity contribution >= 4 is 11.9 Å². The molecular formula is C14H25N3O3. The molecule has 3 amide bonds. The van der Waals surface area contributed by atoms with E-state index in [9.17, 15) is 9.59 Å². The molecule has 1 heterocycles. The Labute approximate surface area is 120 Å². The maximum absolute atomic E-state index is 12.1. The van der Waals surface area contributed by atoms with Gasteiger partial charge in [-0.1, -0.05) is 0 Å². The van der Waals surface area contributed by atoms with E-state index in [0.717, 1.165) is 12.8 Å². The molecule has 0 radical (unpaired) electrons. The molecule has 2 rings (SSSR count). The van der Waals surface area contributed by atoms with Gasteiger partial charge in [-0.05, 0) is 40.5 Å². The molecule has 2 fully saturated rings. The van der Waals surface area contributed by atoms with E-state index >= 15 is 0 Å². The van der Waals surface area contributed by atoms with Crippen LogP contribution in [0.4, 0.5) is 4.79 Å². The third-order valence-electron chi connectivity index (χ3n) is 3.67. The second-order valence-corrected chi connectivity index (χ2v) is 6.53. The monoisotopic (exact) mass is 283 g/mol. The van der Waals surface area contributed by atoms with Crippen molar-refractivity contribution in [3.05, 3.63) is 0 Å². The molecular weight excluding hydrogens is 258 g/mol. The number of imide groups is 1. The van der Waals surface area contributed by atoms with Crippen LogP contribution in [-0.2, 0) is 9.53 Å². The Bertz CT molecular complexity index is 393. The molecule has 2 N–H and O–H groups in total. The van der Waals surface area contributed by atoms with Gasteiger partial charge in [-0.3, -0.25) is 15.0 Å². The lowest BCUT2D eigenvalue weighted by molar-refractivity contribution is -0.147. The summed E-state index contributed by atoms with van der Waals surface area (Å²) in [5.74, 6) is -0.256. The van der Waals surface area contributed by atoms with E-state index in [1.807, 2.05) is 27.7 Å². The van der Waals surface area contributed by atoms with Crippen molar-refractivity contribution in [2.45, 2.75) is 64.3 Å². The molecule has 1 saturated heterocycles. The first-order valence-electron chi connectivity index (χ1n) is 7.30. The Hall–Kier alpha value is -1.14.